The number of nitrogens with one attached hydrogen (secondary N) is 1. The summed E-state index contributed by atoms with van der Waals surface area (Å²) in [5.41, 5.74) is 8.80. The van der Waals surface area contributed by atoms with E-state index in [1.807, 2.05) is 25.3 Å². The van der Waals surface area contributed by atoms with Crippen LogP contribution in [0.15, 0.2) is 24.4 Å². The molecular formula is C16H21N3O. The van der Waals surface area contributed by atoms with Gasteiger partial charge in [0, 0.05) is 46.5 Å². The third-order valence-corrected chi connectivity index (χ3v) is 4.25. The third kappa shape index (κ3) is 2.43. The predicted molar refractivity (Wildman–Crippen MR) is 82.7 cm³/mol. The maximum absolute atomic E-state index is 9.90. The first kappa shape index (κ1) is 13.2. The van der Waals surface area contributed by atoms with Gasteiger partial charge in [-0.25, -0.2) is 0 Å². The van der Waals surface area contributed by atoms with E-state index in [-0.39, 0.29) is 6.10 Å². The summed E-state index contributed by atoms with van der Waals surface area (Å²) in [6.45, 7) is 2.79. The van der Waals surface area contributed by atoms with Crippen molar-refractivity contribution in [2.75, 3.05) is 17.6 Å². The predicted octanol–water partition coefficient (Wildman–Crippen LogP) is 2.70. The molecule has 3 rings (SSSR count). The summed E-state index contributed by atoms with van der Waals surface area (Å²) >= 11 is 0. The first-order valence-corrected chi connectivity index (χ1v) is 7.22. The van der Waals surface area contributed by atoms with Crippen LogP contribution in [-0.2, 0) is 0 Å². The number of anilines is 2. The Labute approximate surface area is 119 Å². The minimum Gasteiger partial charge on any atom is -0.398 e. The van der Waals surface area contributed by atoms with Gasteiger partial charge in [0.1, 0.15) is 0 Å². The topological polar surface area (TPSA) is 71.2 Å². The number of fused-ring (bicyclic) bond motifs is 1. The number of nitrogen functional groups attached to an aromatic ring is 1. The SMILES string of the molecule is Cc1cc2c(NCC3CCCC3O)ccc(N)c2cn1. The van der Waals surface area contributed by atoms with Gasteiger partial charge >= 0.3 is 0 Å². The summed E-state index contributed by atoms with van der Waals surface area (Å²) in [7, 11) is 0. The second-order valence-electron chi connectivity index (χ2n) is 5.71. The van der Waals surface area contributed by atoms with Gasteiger partial charge in [-0.3, -0.25) is 4.98 Å². The highest BCUT2D eigenvalue weighted by Gasteiger charge is 2.24. The van der Waals surface area contributed by atoms with Gasteiger partial charge in [-0.05, 0) is 38.0 Å². The lowest BCUT2D eigenvalue weighted by Crippen LogP contribution is -2.22. The van der Waals surface area contributed by atoms with Gasteiger partial charge in [0.15, 0.2) is 0 Å². The molecule has 4 nitrogen and oxygen atoms in total. The summed E-state index contributed by atoms with van der Waals surface area (Å²) in [5.74, 6) is 0.352. The van der Waals surface area contributed by atoms with Crippen molar-refractivity contribution in [3.8, 4) is 0 Å². The third-order valence-electron chi connectivity index (χ3n) is 4.25. The van der Waals surface area contributed by atoms with E-state index in [1.54, 1.807) is 0 Å². The Kier molecular flexibility index (Phi) is 3.49. The summed E-state index contributed by atoms with van der Waals surface area (Å²) in [4.78, 5) is 4.31. The molecule has 0 amide bonds. The molecule has 1 aliphatic rings. The first-order chi connectivity index (χ1) is 9.65. The van der Waals surface area contributed by atoms with Crippen LogP contribution in [0, 0.1) is 12.8 Å². The quantitative estimate of drug-likeness (QED) is 0.751. The fraction of sp³-hybridized carbons (Fsp3) is 0.438. The molecule has 2 unspecified atom stereocenters. The van der Waals surface area contributed by atoms with E-state index >= 15 is 0 Å². The van der Waals surface area contributed by atoms with Crippen molar-refractivity contribution in [3.63, 3.8) is 0 Å². The fourth-order valence-corrected chi connectivity index (χ4v) is 3.02. The number of aliphatic hydroxyl groups excluding tert-OH is 1. The van der Waals surface area contributed by atoms with E-state index in [0.29, 0.717) is 5.92 Å². The number of aryl methyl sites for hydroxylation is 1. The summed E-state index contributed by atoms with van der Waals surface area (Å²) in [6, 6.07) is 5.98. The smallest absolute Gasteiger partial charge is 0.0585 e. The van der Waals surface area contributed by atoms with Crippen LogP contribution in [-0.4, -0.2) is 22.7 Å². The zero-order valence-corrected chi connectivity index (χ0v) is 11.8. The van der Waals surface area contributed by atoms with Crippen molar-refractivity contribution in [3.05, 3.63) is 30.1 Å². The lowest BCUT2D eigenvalue weighted by Gasteiger charge is -2.17. The minimum absolute atomic E-state index is 0.161. The number of nitrogens with zero attached hydrogens (tertiary/aromatic N) is 1. The molecule has 106 valence electrons. The van der Waals surface area contributed by atoms with Crippen LogP contribution in [0.25, 0.3) is 10.8 Å². The lowest BCUT2D eigenvalue weighted by atomic mass is 10.0. The molecule has 0 saturated heterocycles. The van der Waals surface area contributed by atoms with Crippen molar-refractivity contribution in [1.29, 1.82) is 0 Å². The Morgan fingerprint density at radius 2 is 2.20 bits per heavy atom. The number of benzene rings is 1. The summed E-state index contributed by atoms with van der Waals surface area (Å²) in [5, 5.41) is 15.5. The van der Waals surface area contributed by atoms with Gasteiger partial charge in [-0.1, -0.05) is 6.42 Å². The molecule has 1 heterocycles. The van der Waals surface area contributed by atoms with Crippen molar-refractivity contribution >= 4 is 22.1 Å². The van der Waals surface area contributed by atoms with Gasteiger partial charge in [-0.2, -0.15) is 0 Å². The molecule has 0 bridgehead atoms. The van der Waals surface area contributed by atoms with Crippen LogP contribution in [0.3, 0.4) is 0 Å². The lowest BCUT2D eigenvalue weighted by molar-refractivity contribution is 0.138. The molecule has 1 saturated carbocycles. The average molecular weight is 271 g/mol. The molecule has 4 heteroatoms. The molecule has 2 aromatic rings. The van der Waals surface area contributed by atoms with Gasteiger partial charge < -0.3 is 16.2 Å². The number of nitrogens with two attached hydrogens (primary N) is 1. The molecule has 0 spiro atoms. The zero-order valence-electron chi connectivity index (χ0n) is 11.8. The summed E-state index contributed by atoms with van der Waals surface area (Å²) in [6.07, 6.45) is 4.82. The van der Waals surface area contributed by atoms with E-state index in [9.17, 15) is 5.11 Å². The second kappa shape index (κ2) is 5.29. The van der Waals surface area contributed by atoms with E-state index in [4.69, 9.17) is 5.73 Å². The first-order valence-electron chi connectivity index (χ1n) is 7.22. The molecular weight excluding hydrogens is 250 g/mol. The summed E-state index contributed by atoms with van der Waals surface area (Å²) < 4.78 is 0. The Morgan fingerprint density at radius 1 is 1.35 bits per heavy atom. The van der Waals surface area contributed by atoms with Crippen molar-refractivity contribution in [2.45, 2.75) is 32.3 Å². The molecule has 4 N–H and O–H groups in total. The highest BCUT2D eigenvalue weighted by molar-refractivity contribution is 6.00. The number of rotatable bonds is 3. The highest BCUT2D eigenvalue weighted by atomic mass is 16.3. The number of aliphatic hydroxyl groups is 1. The molecule has 1 aromatic heterocycles. The van der Waals surface area contributed by atoms with Crippen LogP contribution in [0.2, 0.25) is 0 Å². The van der Waals surface area contributed by atoms with E-state index in [2.05, 4.69) is 16.4 Å². The molecule has 1 fully saturated rings. The molecule has 20 heavy (non-hydrogen) atoms. The Morgan fingerprint density at radius 3 is 2.95 bits per heavy atom. The van der Waals surface area contributed by atoms with Gasteiger partial charge in [0.05, 0.1) is 6.10 Å². The molecule has 2 atom stereocenters. The van der Waals surface area contributed by atoms with Crippen LogP contribution >= 0.6 is 0 Å². The Bertz CT molecular complexity index is 626. The standard InChI is InChI=1S/C16H21N3O/c1-10-7-12-13(9-18-10)14(17)5-6-15(12)19-8-11-3-2-4-16(11)20/h5-7,9,11,16,19-20H,2-4,8,17H2,1H3. The molecule has 0 radical (unpaired) electrons. The van der Waals surface area contributed by atoms with Crippen molar-refractivity contribution in [1.82, 2.24) is 4.98 Å². The van der Waals surface area contributed by atoms with Crippen LogP contribution in [0.1, 0.15) is 25.0 Å². The second-order valence-corrected chi connectivity index (χ2v) is 5.71. The minimum atomic E-state index is -0.161. The molecule has 0 aliphatic heterocycles. The van der Waals surface area contributed by atoms with Crippen LogP contribution in [0.5, 0.6) is 0 Å². The van der Waals surface area contributed by atoms with Crippen LogP contribution < -0.4 is 11.1 Å². The van der Waals surface area contributed by atoms with E-state index in [0.717, 1.165) is 53.6 Å². The largest absolute Gasteiger partial charge is 0.398 e. The van der Waals surface area contributed by atoms with Crippen molar-refractivity contribution < 1.29 is 5.11 Å². The average Bonchev–Trinajstić information content (AvgIpc) is 2.83. The number of hydrogen-bond donors (Lipinski definition) is 3. The maximum Gasteiger partial charge on any atom is 0.0585 e. The van der Waals surface area contributed by atoms with Gasteiger partial charge in [0.25, 0.3) is 0 Å². The molecule has 1 aliphatic carbocycles. The van der Waals surface area contributed by atoms with Gasteiger partial charge in [0.2, 0.25) is 0 Å². The number of hydrogen-bond acceptors (Lipinski definition) is 4. The van der Waals surface area contributed by atoms with Crippen molar-refractivity contribution in [2.24, 2.45) is 5.92 Å². The number of aromatic nitrogens is 1. The van der Waals surface area contributed by atoms with E-state index in [1.165, 1.54) is 0 Å². The number of pyridine rings is 1. The van der Waals surface area contributed by atoms with Crippen LogP contribution in [0.4, 0.5) is 11.4 Å². The van der Waals surface area contributed by atoms with Gasteiger partial charge in [-0.15, -0.1) is 0 Å². The van der Waals surface area contributed by atoms with E-state index < -0.39 is 0 Å². The highest BCUT2D eigenvalue weighted by Crippen LogP contribution is 2.30. The zero-order chi connectivity index (χ0) is 14.1. The Balaban J connectivity index is 1.87. The monoisotopic (exact) mass is 271 g/mol. The Hall–Kier alpha value is -1.81. The molecule has 1 aromatic carbocycles. The fourth-order valence-electron chi connectivity index (χ4n) is 3.02. The maximum atomic E-state index is 9.90. The normalized spacial score (nSPS) is 22.3.